The number of aliphatic hydroxyl groups is 1. The molecule has 4 aromatic rings. The second kappa shape index (κ2) is 8.39. The molecule has 0 aliphatic rings. The van der Waals surface area contributed by atoms with E-state index in [1.807, 2.05) is 61.5 Å². The van der Waals surface area contributed by atoms with Crippen LogP contribution >= 0.6 is 23.5 Å². The van der Waals surface area contributed by atoms with Gasteiger partial charge < -0.3 is 19.8 Å². The molecule has 0 saturated carbocycles. The fraction of sp³-hybridized carbons (Fsp3) is 0.0909. The summed E-state index contributed by atoms with van der Waals surface area (Å²) < 4.78 is 3.26. The SMILES string of the molecule is Cc1cc2[nH]c(=O)c(=O)[nH]c2cc1SNc1ccc(-c2ccccc2CO)c(Cl)c1. The third kappa shape index (κ3) is 4.00. The molecule has 6 nitrogen and oxygen atoms in total. The molecule has 0 aliphatic heterocycles. The highest BCUT2D eigenvalue weighted by atomic mass is 35.5. The number of hydrogen-bond donors (Lipinski definition) is 4. The van der Waals surface area contributed by atoms with Gasteiger partial charge in [-0.2, -0.15) is 0 Å². The molecule has 1 aromatic heterocycles. The van der Waals surface area contributed by atoms with E-state index < -0.39 is 11.1 Å². The van der Waals surface area contributed by atoms with E-state index >= 15 is 0 Å². The Morgan fingerprint density at radius 1 is 0.967 bits per heavy atom. The molecule has 3 aromatic carbocycles. The molecular weight excluding hydrogens is 422 g/mol. The number of aromatic amines is 2. The van der Waals surface area contributed by atoms with Crippen LogP contribution in [0.5, 0.6) is 0 Å². The van der Waals surface area contributed by atoms with Gasteiger partial charge in [-0.1, -0.05) is 41.9 Å². The Morgan fingerprint density at radius 2 is 1.67 bits per heavy atom. The molecule has 0 bridgehead atoms. The van der Waals surface area contributed by atoms with Crippen molar-refractivity contribution in [3.05, 3.63) is 91.5 Å². The molecule has 0 spiro atoms. The summed E-state index contributed by atoms with van der Waals surface area (Å²) in [5.41, 5.74) is 4.10. The number of aryl methyl sites for hydroxylation is 1. The minimum atomic E-state index is -0.680. The second-order valence-electron chi connectivity index (χ2n) is 6.79. The fourth-order valence-electron chi connectivity index (χ4n) is 3.19. The molecule has 1 heterocycles. The predicted molar refractivity (Wildman–Crippen MR) is 122 cm³/mol. The van der Waals surface area contributed by atoms with Gasteiger partial charge in [0.05, 0.1) is 22.7 Å². The molecule has 152 valence electrons. The maximum Gasteiger partial charge on any atom is 0.314 e. The van der Waals surface area contributed by atoms with Gasteiger partial charge in [0.2, 0.25) is 0 Å². The third-order valence-electron chi connectivity index (χ3n) is 4.74. The summed E-state index contributed by atoms with van der Waals surface area (Å²) in [6.07, 6.45) is 0. The minimum Gasteiger partial charge on any atom is -0.392 e. The van der Waals surface area contributed by atoms with Crippen molar-refractivity contribution in [3.8, 4) is 11.1 Å². The van der Waals surface area contributed by atoms with Crippen molar-refractivity contribution in [2.45, 2.75) is 18.4 Å². The maximum absolute atomic E-state index is 11.6. The summed E-state index contributed by atoms with van der Waals surface area (Å²) >= 11 is 7.89. The van der Waals surface area contributed by atoms with E-state index in [-0.39, 0.29) is 6.61 Å². The van der Waals surface area contributed by atoms with Crippen LogP contribution in [0.3, 0.4) is 0 Å². The lowest BCUT2D eigenvalue weighted by molar-refractivity contribution is 0.282. The van der Waals surface area contributed by atoms with E-state index in [9.17, 15) is 14.7 Å². The Hall–Kier alpha value is -3.00. The zero-order valence-electron chi connectivity index (χ0n) is 16.0. The van der Waals surface area contributed by atoms with E-state index in [4.69, 9.17) is 11.6 Å². The van der Waals surface area contributed by atoms with Crippen LogP contribution in [0.15, 0.2) is 69.1 Å². The summed E-state index contributed by atoms with van der Waals surface area (Å²) in [4.78, 5) is 29.1. The first-order valence-corrected chi connectivity index (χ1v) is 10.3. The number of halogens is 1. The zero-order chi connectivity index (χ0) is 21.3. The molecular formula is C22H18ClN3O3S. The lowest BCUT2D eigenvalue weighted by Crippen LogP contribution is -2.28. The Kier molecular flexibility index (Phi) is 5.67. The average molecular weight is 440 g/mol. The van der Waals surface area contributed by atoms with Crippen LogP contribution < -0.4 is 15.8 Å². The van der Waals surface area contributed by atoms with Crippen molar-refractivity contribution in [1.82, 2.24) is 9.97 Å². The van der Waals surface area contributed by atoms with Crippen LogP contribution in [0.2, 0.25) is 5.02 Å². The zero-order valence-corrected chi connectivity index (χ0v) is 17.5. The number of benzene rings is 3. The van der Waals surface area contributed by atoms with E-state index in [1.165, 1.54) is 11.9 Å². The topological polar surface area (TPSA) is 98.0 Å². The van der Waals surface area contributed by atoms with Crippen molar-refractivity contribution in [3.63, 3.8) is 0 Å². The van der Waals surface area contributed by atoms with Crippen LogP contribution in [0.1, 0.15) is 11.1 Å². The number of nitrogens with one attached hydrogen (secondary N) is 3. The number of aliphatic hydroxyl groups excluding tert-OH is 1. The predicted octanol–water partition coefficient (Wildman–Crippen LogP) is 4.46. The first kappa shape index (κ1) is 20.3. The fourth-order valence-corrected chi connectivity index (χ4v) is 4.23. The van der Waals surface area contributed by atoms with Gasteiger partial charge in [0.1, 0.15) is 0 Å². The lowest BCUT2D eigenvalue weighted by atomic mass is 10.00. The van der Waals surface area contributed by atoms with Crippen LogP contribution in [-0.4, -0.2) is 15.1 Å². The van der Waals surface area contributed by atoms with Gasteiger partial charge in [-0.15, -0.1) is 0 Å². The average Bonchev–Trinajstić information content (AvgIpc) is 2.74. The molecule has 0 radical (unpaired) electrons. The minimum absolute atomic E-state index is 0.0586. The summed E-state index contributed by atoms with van der Waals surface area (Å²) in [5, 5.41) is 10.1. The van der Waals surface area contributed by atoms with E-state index in [0.717, 1.165) is 32.8 Å². The summed E-state index contributed by atoms with van der Waals surface area (Å²) in [6, 6.07) is 16.9. The largest absolute Gasteiger partial charge is 0.392 e. The molecule has 0 saturated heterocycles. The lowest BCUT2D eigenvalue weighted by Gasteiger charge is -2.13. The molecule has 0 amide bonds. The van der Waals surface area contributed by atoms with Crippen LogP contribution in [0.25, 0.3) is 22.2 Å². The highest BCUT2D eigenvalue weighted by Gasteiger charge is 2.10. The molecule has 0 aliphatic carbocycles. The van der Waals surface area contributed by atoms with Gasteiger partial charge in [-0.25, -0.2) is 0 Å². The molecule has 8 heteroatoms. The number of H-pyrrole nitrogens is 2. The van der Waals surface area contributed by atoms with Crippen LogP contribution in [-0.2, 0) is 6.61 Å². The van der Waals surface area contributed by atoms with E-state index in [1.54, 1.807) is 0 Å². The Balaban J connectivity index is 1.59. The molecule has 4 N–H and O–H groups in total. The first-order valence-electron chi connectivity index (χ1n) is 9.15. The van der Waals surface area contributed by atoms with Gasteiger partial charge in [0.25, 0.3) is 0 Å². The quantitative estimate of drug-likeness (QED) is 0.272. The van der Waals surface area contributed by atoms with Gasteiger partial charge in [-0.3, -0.25) is 9.59 Å². The normalized spacial score (nSPS) is 11.0. The van der Waals surface area contributed by atoms with Gasteiger partial charge in [-0.05, 0) is 59.8 Å². The van der Waals surface area contributed by atoms with E-state index in [2.05, 4.69) is 14.7 Å². The number of aromatic nitrogens is 2. The molecule has 0 unspecified atom stereocenters. The van der Waals surface area contributed by atoms with Crippen molar-refractivity contribution < 1.29 is 5.11 Å². The molecule has 4 rings (SSSR count). The van der Waals surface area contributed by atoms with Crippen molar-refractivity contribution in [1.29, 1.82) is 0 Å². The highest BCUT2D eigenvalue weighted by Crippen LogP contribution is 2.34. The van der Waals surface area contributed by atoms with Crippen LogP contribution in [0.4, 0.5) is 5.69 Å². The smallest absolute Gasteiger partial charge is 0.314 e. The van der Waals surface area contributed by atoms with Crippen molar-refractivity contribution in [2.24, 2.45) is 0 Å². The molecule has 30 heavy (non-hydrogen) atoms. The summed E-state index contributed by atoms with van der Waals surface area (Å²) in [5.74, 6) is 0. The van der Waals surface area contributed by atoms with Crippen molar-refractivity contribution >= 4 is 40.3 Å². The van der Waals surface area contributed by atoms with Crippen molar-refractivity contribution in [2.75, 3.05) is 4.72 Å². The highest BCUT2D eigenvalue weighted by molar-refractivity contribution is 8.00. The number of hydrogen-bond acceptors (Lipinski definition) is 5. The Labute approximate surface area is 181 Å². The van der Waals surface area contributed by atoms with E-state index in [0.29, 0.717) is 16.1 Å². The van der Waals surface area contributed by atoms with Gasteiger partial charge in [0, 0.05) is 16.1 Å². The Bertz CT molecular complexity index is 1360. The number of anilines is 1. The standard InChI is InChI=1S/C22H18ClN3O3S/c1-12-8-18-19(25-22(29)21(28)24-18)10-20(12)30-26-14-6-7-16(17(23)9-14)15-5-3-2-4-13(15)11-27/h2-10,26-27H,11H2,1H3,(H,24,28)(H,25,29). The molecule has 0 atom stereocenters. The van der Waals surface area contributed by atoms with Gasteiger partial charge in [0.15, 0.2) is 0 Å². The summed E-state index contributed by atoms with van der Waals surface area (Å²) in [6.45, 7) is 1.87. The summed E-state index contributed by atoms with van der Waals surface area (Å²) in [7, 11) is 0. The Morgan fingerprint density at radius 3 is 2.37 bits per heavy atom. The third-order valence-corrected chi connectivity index (χ3v) is 6.05. The molecule has 0 fully saturated rings. The number of rotatable bonds is 5. The second-order valence-corrected chi connectivity index (χ2v) is 8.04. The van der Waals surface area contributed by atoms with Crippen LogP contribution in [0, 0.1) is 6.92 Å². The number of fused-ring (bicyclic) bond motifs is 1. The first-order chi connectivity index (χ1) is 14.5. The van der Waals surface area contributed by atoms with Gasteiger partial charge >= 0.3 is 11.1 Å². The maximum atomic E-state index is 11.6. The monoisotopic (exact) mass is 439 g/mol.